The van der Waals surface area contributed by atoms with Gasteiger partial charge < -0.3 is 20.2 Å². The van der Waals surface area contributed by atoms with Crippen molar-refractivity contribution < 1.29 is 9.90 Å². The summed E-state index contributed by atoms with van der Waals surface area (Å²) >= 11 is 0. The van der Waals surface area contributed by atoms with Gasteiger partial charge in [-0.25, -0.2) is 0 Å². The molecule has 0 radical (unpaired) electrons. The van der Waals surface area contributed by atoms with E-state index in [4.69, 9.17) is 0 Å². The summed E-state index contributed by atoms with van der Waals surface area (Å²) in [5.41, 5.74) is 2.73. The highest BCUT2D eigenvalue weighted by molar-refractivity contribution is 6.00. The lowest BCUT2D eigenvalue weighted by Crippen LogP contribution is -2.49. The molecular formula is C25H40N4O2. The monoisotopic (exact) mass is 428 g/mol. The van der Waals surface area contributed by atoms with Gasteiger partial charge >= 0.3 is 0 Å². The van der Waals surface area contributed by atoms with Gasteiger partial charge in [0.25, 0.3) is 5.91 Å². The Morgan fingerprint density at radius 3 is 2.42 bits per heavy atom. The van der Waals surface area contributed by atoms with Crippen molar-refractivity contribution in [3.63, 3.8) is 0 Å². The normalized spacial score (nSPS) is 26.1. The number of rotatable bonds is 7. The zero-order chi connectivity index (χ0) is 22.0. The highest BCUT2D eigenvalue weighted by atomic mass is 16.3. The minimum absolute atomic E-state index is 0.145. The molecular weight excluding hydrogens is 388 g/mol. The van der Waals surface area contributed by atoms with E-state index in [1.807, 2.05) is 17.0 Å². The van der Waals surface area contributed by atoms with Crippen LogP contribution in [-0.2, 0) is 0 Å². The maximum atomic E-state index is 13.6. The molecule has 2 N–H and O–H groups in total. The molecule has 0 spiro atoms. The van der Waals surface area contributed by atoms with Crippen molar-refractivity contribution in [2.24, 2.45) is 17.8 Å². The summed E-state index contributed by atoms with van der Waals surface area (Å²) in [6.07, 6.45) is 4.06. The van der Waals surface area contributed by atoms with Crippen LogP contribution in [0.4, 0.5) is 11.4 Å². The van der Waals surface area contributed by atoms with E-state index < -0.39 is 6.23 Å². The summed E-state index contributed by atoms with van der Waals surface area (Å²) < 4.78 is 0. The fourth-order valence-corrected chi connectivity index (χ4v) is 5.29. The molecule has 31 heavy (non-hydrogen) atoms. The number of hydrogen-bond acceptors (Lipinski definition) is 5. The van der Waals surface area contributed by atoms with Crippen molar-refractivity contribution in [3.05, 3.63) is 23.8 Å². The molecule has 3 unspecified atom stereocenters. The van der Waals surface area contributed by atoms with Crippen molar-refractivity contribution in [1.29, 1.82) is 0 Å². The number of piperidine rings is 1. The second-order valence-corrected chi connectivity index (χ2v) is 10.1. The van der Waals surface area contributed by atoms with Crippen LogP contribution in [0.2, 0.25) is 0 Å². The Kier molecular flexibility index (Phi) is 7.07. The number of carbonyl (C=O) groups excluding carboxylic acids is 1. The van der Waals surface area contributed by atoms with E-state index >= 15 is 0 Å². The van der Waals surface area contributed by atoms with Gasteiger partial charge in [-0.15, -0.1) is 0 Å². The molecule has 1 aliphatic carbocycles. The summed E-state index contributed by atoms with van der Waals surface area (Å²) in [5, 5.41) is 13.6. The minimum atomic E-state index is -0.500. The third-order valence-corrected chi connectivity index (χ3v) is 7.02. The number of nitrogens with zero attached hydrogens (tertiary/aromatic N) is 3. The Morgan fingerprint density at radius 1 is 1.13 bits per heavy atom. The van der Waals surface area contributed by atoms with Crippen LogP contribution in [0.1, 0.15) is 56.8 Å². The second kappa shape index (κ2) is 9.78. The predicted molar refractivity (Wildman–Crippen MR) is 127 cm³/mol. The van der Waals surface area contributed by atoms with Crippen LogP contribution in [0.15, 0.2) is 18.2 Å². The smallest absolute Gasteiger partial charge is 0.256 e. The van der Waals surface area contributed by atoms with Crippen molar-refractivity contribution in [3.8, 4) is 0 Å². The Hall–Kier alpha value is -1.79. The highest BCUT2D eigenvalue weighted by Gasteiger charge is 2.31. The molecule has 2 heterocycles. The molecule has 1 amide bonds. The van der Waals surface area contributed by atoms with E-state index in [0.29, 0.717) is 17.8 Å². The fourth-order valence-electron chi connectivity index (χ4n) is 5.29. The van der Waals surface area contributed by atoms with Crippen LogP contribution in [-0.4, -0.2) is 72.9 Å². The molecule has 4 rings (SSSR count). The number of aliphatic hydroxyl groups excluding tert-OH is 1. The molecule has 6 heteroatoms. The molecule has 0 bridgehead atoms. The third kappa shape index (κ3) is 5.53. The van der Waals surface area contributed by atoms with Crippen molar-refractivity contribution in [2.75, 3.05) is 56.0 Å². The largest absolute Gasteiger partial charge is 0.374 e. The van der Waals surface area contributed by atoms with Crippen LogP contribution < -0.4 is 10.2 Å². The highest BCUT2D eigenvalue weighted by Crippen LogP contribution is 2.35. The van der Waals surface area contributed by atoms with Crippen LogP contribution in [0.25, 0.3) is 0 Å². The number of carbonyl (C=O) groups is 1. The van der Waals surface area contributed by atoms with Crippen LogP contribution in [0, 0.1) is 17.8 Å². The molecule has 3 atom stereocenters. The summed E-state index contributed by atoms with van der Waals surface area (Å²) in [6, 6.07) is 6.03. The first kappa shape index (κ1) is 22.4. The van der Waals surface area contributed by atoms with E-state index in [9.17, 15) is 9.90 Å². The van der Waals surface area contributed by atoms with Crippen LogP contribution in [0.3, 0.4) is 0 Å². The molecule has 1 saturated carbocycles. The Balaban J connectivity index is 1.55. The van der Waals surface area contributed by atoms with Gasteiger partial charge in [0.2, 0.25) is 0 Å². The Labute approximate surface area is 187 Å². The van der Waals surface area contributed by atoms with E-state index in [1.54, 1.807) is 0 Å². The molecule has 0 aromatic heterocycles. The molecule has 1 aromatic carbocycles. The number of hydrogen-bond donors (Lipinski definition) is 2. The second-order valence-electron chi connectivity index (χ2n) is 10.1. The Bertz CT molecular complexity index is 748. The number of benzene rings is 1. The first-order chi connectivity index (χ1) is 14.9. The quantitative estimate of drug-likeness (QED) is 0.651. The van der Waals surface area contributed by atoms with Gasteiger partial charge in [-0.3, -0.25) is 9.69 Å². The van der Waals surface area contributed by atoms with Gasteiger partial charge in [-0.1, -0.05) is 20.8 Å². The Morgan fingerprint density at radius 2 is 1.81 bits per heavy atom. The number of amides is 1. The van der Waals surface area contributed by atoms with Crippen molar-refractivity contribution in [2.45, 2.75) is 52.7 Å². The van der Waals surface area contributed by atoms with E-state index in [2.05, 4.69) is 42.0 Å². The maximum Gasteiger partial charge on any atom is 0.256 e. The standard InChI is InChI=1S/C25H40N4O2/c1-4-9-27-10-12-28(13-11-27)25(31)22-8-7-21(26-24(30)20-5-6-20)15-23(22)29-16-18(2)14-19(3)17-29/h7-8,15,18-20,24,26,30H,4-6,9-14,16-17H2,1-3H3. The van der Waals surface area contributed by atoms with E-state index in [-0.39, 0.29) is 5.91 Å². The van der Waals surface area contributed by atoms with Gasteiger partial charge in [0.05, 0.1) is 11.3 Å². The number of aliphatic hydroxyl groups is 1. The van der Waals surface area contributed by atoms with Crippen molar-refractivity contribution in [1.82, 2.24) is 9.80 Å². The van der Waals surface area contributed by atoms with E-state index in [1.165, 1.54) is 6.42 Å². The third-order valence-electron chi connectivity index (χ3n) is 7.02. The first-order valence-corrected chi connectivity index (χ1v) is 12.3. The fraction of sp³-hybridized carbons (Fsp3) is 0.720. The van der Waals surface area contributed by atoms with Crippen LogP contribution in [0.5, 0.6) is 0 Å². The number of nitrogens with one attached hydrogen (secondary N) is 1. The lowest BCUT2D eigenvalue weighted by Gasteiger charge is -2.39. The van der Waals surface area contributed by atoms with Gasteiger partial charge in [0.15, 0.2) is 0 Å². The lowest BCUT2D eigenvalue weighted by atomic mass is 9.91. The topological polar surface area (TPSA) is 59.1 Å². The lowest BCUT2D eigenvalue weighted by molar-refractivity contribution is 0.0638. The predicted octanol–water partition coefficient (Wildman–Crippen LogP) is 3.48. The molecule has 2 aliphatic heterocycles. The summed E-state index contributed by atoms with van der Waals surface area (Å²) in [6.45, 7) is 13.4. The van der Waals surface area contributed by atoms with Gasteiger partial charge in [0.1, 0.15) is 6.23 Å². The summed E-state index contributed by atoms with van der Waals surface area (Å²) in [7, 11) is 0. The molecule has 172 valence electrons. The number of piperazine rings is 1. The van der Waals surface area contributed by atoms with Gasteiger partial charge in [0, 0.05) is 50.9 Å². The molecule has 1 aromatic rings. The summed E-state index contributed by atoms with van der Waals surface area (Å²) in [5.74, 6) is 1.72. The van der Waals surface area contributed by atoms with Gasteiger partial charge in [-0.2, -0.15) is 0 Å². The van der Waals surface area contributed by atoms with E-state index in [0.717, 1.165) is 82.0 Å². The average Bonchev–Trinajstić information content (AvgIpc) is 3.59. The summed E-state index contributed by atoms with van der Waals surface area (Å²) in [4.78, 5) is 20.4. The molecule has 3 fully saturated rings. The molecule has 6 nitrogen and oxygen atoms in total. The van der Waals surface area contributed by atoms with Gasteiger partial charge in [-0.05, 0) is 62.3 Å². The number of anilines is 2. The zero-order valence-corrected chi connectivity index (χ0v) is 19.5. The SMILES string of the molecule is CCCN1CCN(C(=O)c2ccc(NC(O)C3CC3)cc2N2CC(C)CC(C)C2)CC1. The van der Waals surface area contributed by atoms with Crippen LogP contribution >= 0.6 is 0 Å². The zero-order valence-electron chi connectivity index (χ0n) is 19.5. The molecule has 2 saturated heterocycles. The van der Waals surface area contributed by atoms with Crippen molar-refractivity contribution >= 4 is 17.3 Å². The molecule has 3 aliphatic rings. The average molecular weight is 429 g/mol. The minimum Gasteiger partial charge on any atom is -0.374 e. The first-order valence-electron chi connectivity index (χ1n) is 12.3. The maximum absolute atomic E-state index is 13.6.